The first-order valence-electron chi connectivity index (χ1n) is 9.12. The molecule has 0 saturated heterocycles. The van der Waals surface area contributed by atoms with Crippen molar-refractivity contribution in [2.45, 2.75) is 13.5 Å². The number of nitrogens with one attached hydrogen (secondary N) is 2. The normalized spacial score (nSPS) is 9.93. The molecular weight excluding hydrogens is 406 g/mol. The molecule has 0 spiro atoms. The number of ether oxygens (including phenoxy) is 2. The quantitative estimate of drug-likeness (QED) is 0.229. The van der Waals surface area contributed by atoms with Gasteiger partial charge in [-0.25, -0.2) is 10.5 Å². The van der Waals surface area contributed by atoms with Gasteiger partial charge in [-0.05, 0) is 36.8 Å². The lowest BCUT2D eigenvalue weighted by molar-refractivity contribution is -0.109. The van der Waals surface area contributed by atoms with Gasteiger partial charge in [0.05, 0.1) is 7.11 Å². The number of nitrogens with two attached hydrogens (primary N) is 1. The van der Waals surface area contributed by atoms with Crippen LogP contribution >= 0.6 is 11.6 Å². The summed E-state index contributed by atoms with van der Waals surface area (Å²) in [6.45, 7) is 2.51. The van der Waals surface area contributed by atoms with Crippen molar-refractivity contribution in [1.29, 1.82) is 0 Å². The summed E-state index contributed by atoms with van der Waals surface area (Å²) in [5.74, 6) is 5.79. The van der Waals surface area contributed by atoms with Crippen molar-refractivity contribution in [2.24, 2.45) is 12.9 Å². The smallest absolute Gasteiger partial charge is 0.231 e. The van der Waals surface area contributed by atoms with Crippen LogP contribution in [0.25, 0.3) is 11.3 Å². The maximum absolute atomic E-state index is 8.94. The van der Waals surface area contributed by atoms with E-state index in [-0.39, 0.29) is 0 Å². The van der Waals surface area contributed by atoms with Crippen LogP contribution in [0.2, 0.25) is 5.02 Å². The predicted molar refractivity (Wildman–Crippen MR) is 119 cm³/mol. The Hall–Kier alpha value is -3.23. The van der Waals surface area contributed by atoms with Crippen LogP contribution in [0.15, 0.2) is 42.5 Å². The molecule has 3 aromatic rings. The summed E-state index contributed by atoms with van der Waals surface area (Å²) in [6, 6.07) is 14.0. The number of halogens is 1. The molecule has 0 aliphatic rings. The minimum atomic E-state index is 0.403. The van der Waals surface area contributed by atoms with Crippen molar-refractivity contribution in [2.75, 3.05) is 19.5 Å². The number of amides is 1. The van der Waals surface area contributed by atoms with E-state index in [9.17, 15) is 0 Å². The Morgan fingerprint density at radius 2 is 1.97 bits per heavy atom. The molecule has 2 aromatic carbocycles. The number of hydrogen-bond acceptors (Lipinski definition) is 6. The Labute approximate surface area is 180 Å². The number of benzene rings is 2. The van der Waals surface area contributed by atoms with Gasteiger partial charge in [-0.15, -0.1) is 0 Å². The molecule has 160 valence electrons. The number of anilines is 1. The second-order valence-electron chi connectivity index (χ2n) is 6.26. The fraction of sp³-hybridized carbons (Fsp3) is 0.238. The van der Waals surface area contributed by atoms with Crippen molar-refractivity contribution >= 4 is 23.7 Å². The van der Waals surface area contributed by atoms with Crippen molar-refractivity contribution < 1.29 is 14.3 Å². The van der Waals surface area contributed by atoms with Crippen molar-refractivity contribution in [3.8, 4) is 22.9 Å². The molecule has 4 N–H and O–H groups in total. The van der Waals surface area contributed by atoms with Crippen LogP contribution in [0.3, 0.4) is 0 Å². The lowest BCUT2D eigenvalue weighted by atomic mass is 10.1. The van der Waals surface area contributed by atoms with Gasteiger partial charge in [-0.1, -0.05) is 29.8 Å². The first kappa shape index (κ1) is 23.1. The zero-order valence-corrected chi connectivity index (χ0v) is 18.2. The minimum Gasteiger partial charge on any atom is -0.489 e. The van der Waals surface area contributed by atoms with E-state index >= 15 is 0 Å². The van der Waals surface area contributed by atoms with E-state index in [1.165, 1.54) is 0 Å². The Kier molecular flexibility index (Phi) is 8.52. The first-order chi connectivity index (χ1) is 14.5. The number of carbonyl (C=O) groups is 1. The number of para-hydroxylation sites is 1. The zero-order chi connectivity index (χ0) is 22.1. The van der Waals surface area contributed by atoms with Crippen LogP contribution in [0.1, 0.15) is 11.1 Å². The molecule has 1 amide bonds. The van der Waals surface area contributed by atoms with E-state index in [0.29, 0.717) is 29.6 Å². The highest BCUT2D eigenvalue weighted by atomic mass is 35.5. The van der Waals surface area contributed by atoms with Gasteiger partial charge in [-0.3, -0.25) is 10.2 Å². The number of carbonyl (C=O) groups excluding carboxylic acids is 1. The molecule has 0 aliphatic carbocycles. The second kappa shape index (κ2) is 11.1. The SMILES string of the molecule is CNc1ccccc1COc1ccc(-c2nn(C)c(OC)c2Cl)cc1C.NNC=O. The monoisotopic (exact) mass is 431 g/mol. The molecule has 3 rings (SSSR count). The number of rotatable bonds is 7. The minimum absolute atomic E-state index is 0.403. The largest absolute Gasteiger partial charge is 0.489 e. The van der Waals surface area contributed by atoms with E-state index in [1.807, 2.05) is 50.4 Å². The highest BCUT2D eigenvalue weighted by Gasteiger charge is 2.17. The average molecular weight is 432 g/mol. The Balaban J connectivity index is 0.000000735. The van der Waals surface area contributed by atoms with Crippen LogP contribution in [-0.4, -0.2) is 30.3 Å². The summed E-state index contributed by atoms with van der Waals surface area (Å²) < 4.78 is 12.9. The average Bonchev–Trinajstić information content (AvgIpc) is 3.06. The van der Waals surface area contributed by atoms with Crippen LogP contribution in [0.5, 0.6) is 11.6 Å². The Morgan fingerprint density at radius 1 is 1.27 bits per heavy atom. The van der Waals surface area contributed by atoms with E-state index in [2.05, 4.69) is 22.3 Å². The zero-order valence-electron chi connectivity index (χ0n) is 17.4. The van der Waals surface area contributed by atoms with Gasteiger partial charge in [0.15, 0.2) is 0 Å². The summed E-state index contributed by atoms with van der Waals surface area (Å²) in [6.07, 6.45) is 0.403. The van der Waals surface area contributed by atoms with Gasteiger partial charge >= 0.3 is 0 Å². The van der Waals surface area contributed by atoms with Crippen molar-refractivity contribution in [3.05, 3.63) is 58.6 Å². The highest BCUT2D eigenvalue weighted by Crippen LogP contribution is 2.36. The summed E-state index contributed by atoms with van der Waals surface area (Å²) >= 11 is 6.38. The Bertz CT molecular complexity index is 991. The van der Waals surface area contributed by atoms with Gasteiger partial charge in [0.1, 0.15) is 23.1 Å². The molecule has 9 heteroatoms. The molecule has 0 unspecified atom stereocenters. The number of nitrogens with zero attached hydrogens (tertiary/aromatic N) is 2. The molecule has 0 saturated carbocycles. The van der Waals surface area contributed by atoms with Crippen molar-refractivity contribution in [1.82, 2.24) is 15.2 Å². The van der Waals surface area contributed by atoms with Crippen LogP contribution in [0, 0.1) is 6.92 Å². The summed E-state index contributed by atoms with van der Waals surface area (Å²) in [5, 5.41) is 8.13. The van der Waals surface area contributed by atoms with Gasteiger partial charge < -0.3 is 14.8 Å². The first-order valence-corrected chi connectivity index (χ1v) is 9.50. The van der Waals surface area contributed by atoms with Crippen LogP contribution < -0.4 is 26.1 Å². The van der Waals surface area contributed by atoms with E-state index < -0.39 is 0 Å². The third kappa shape index (κ3) is 5.43. The maximum Gasteiger partial charge on any atom is 0.231 e. The molecule has 0 aliphatic heterocycles. The Morgan fingerprint density at radius 3 is 2.53 bits per heavy atom. The van der Waals surface area contributed by atoms with Gasteiger partial charge in [0.25, 0.3) is 0 Å². The molecule has 30 heavy (non-hydrogen) atoms. The van der Waals surface area contributed by atoms with E-state index in [4.69, 9.17) is 25.9 Å². The second-order valence-corrected chi connectivity index (χ2v) is 6.63. The van der Waals surface area contributed by atoms with E-state index in [0.717, 1.165) is 28.1 Å². The topological polar surface area (TPSA) is 103 Å². The number of hydrazine groups is 1. The molecule has 8 nitrogen and oxygen atoms in total. The maximum atomic E-state index is 8.94. The predicted octanol–water partition coefficient (Wildman–Crippen LogP) is 3.28. The molecular formula is C21H26ClN5O3. The summed E-state index contributed by atoms with van der Waals surface area (Å²) in [5.41, 5.74) is 6.56. The lowest BCUT2D eigenvalue weighted by Gasteiger charge is -2.13. The lowest BCUT2D eigenvalue weighted by Crippen LogP contribution is -2.18. The summed E-state index contributed by atoms with van der Waals surface area (Å²) in [7, 11) is 5.29. The van der Waals surface area contributed by atoms with Crippen molar-refractivity contribution in [3.63, 3.8) is 0 Å². The summed E-state index contributed by atoms with van der Waals surface area (Å²) in [4.78, 5) is 8.94. The fourth-order valence-corrected chi connectivity index (χ4v) is 3.24. The number of hydrogen-bond donors (Lipinski definition) is 3. The molecule has 1 heterocycles. The fourth-order valence-electron chi connectivity index (χ4n) is 2.89. The number of aryl methyl sites for hydroxylation is 2. The molecule has 1 aromatic heterocycles. The molecule has 0 fully saturated rings. The molecule has 0 radical (unpaired) electrons. The molecule has 0 bridgehead atoms. The number of aromatic nitrogens is 2. The van der Waals surface area contributed by atoms with Crippen LogP contribution in [0.4, 0.5) is 5.69 Å². The highest BCUT2D eigenvalue weighted by molar-refractivity contribution is 6.34. The standard InChI is InChI=1S/C20H22ClN3O2.CH4N2O/c1-13-11-14(19-18(21)20(25-4)24(3)23-19)9-10-17(13)26-12-15-7-5-6-8-16(15)22-2;2-3-1-4/h5-11,22H,12H2,1-4H3;1H,2H2,(H,3,4). The molecule has 0 atom stereocenters. The van der Waals surface area contributed by atoms with Gasteiger partial charge in [-0.2, -0.15) is 5.10 Å². The third-order valence-electron chi connectivity index (χ3n) is 4.32. The van der Waals surface area contributed by atoms with E-state index in [1.54, 1.807) is 24.3 Å². The van der Waals surface area contributed by atoms with Gasteiger partial charge in [0.2, 0.25) is 12.3 Å². The van der Waals surface area contributed by atoms with Crippen LogP contribution in [-0.2, 0) is 18.4 Å². The third-order valence-corrected chi connectivity index (χ3v) is 4.66. The van der Waals surface area contributed by atoms with Gasteiger partial charge in [0, 0.05) is 30.9 Å². The number of methoxy groups -OCH3 is 1.